The van der Waals surface area contributed by atoms with Gasteiger partial charge in [-0.1, -0.05) is 29.3 Å². The average Bonchev–Trinajstić information content (AvgIpc) is 2.89. The van der Waals surface area contributed by atoms with Gasteiger partial charge < -0.3 is 15.5 Å². The average molecular weight is 479 g/mol. The van der Waals surface area contributed by atoms with E-state index >= 15 is 0 Å². The number of nitrogens with one attached hydrogen (secondary N) is 2. The van der Waals surface area contributed by atoms with Crippen molar-refractivity contribution in [1.29, 1.82) is 0 Å². The number of halogens is 2. The fraction of sp³-hybridized carbons (Fsp3) is 0.238. The molecule has 1 aliphatic heterocycles. The van der Waals surface area contributed by atoms with E-state index in [0.717, 1.165) is 5.56 Å². The quantitative estimate of drug-likeness (QED) is 0.615. The zero-order chi connectivity index (χ0) is 22.7. The molecule has 1 fully saturated rings. The molecule has 162 valence electrons. The summed E-state index contributed by atoms with van der Waals surface area (Å²) in [7, 11) is 1.58. The van der Waals surface area contributed by atoms with Crippen LogP contribution in [0, 0.1) is 0 Å². The monoisotopic (exact) mass is 478 g/mol. The molecule has 2 N–H and O–H groups in total. The Morgan fingerprint density at radius 3 is 2.26 bits per heavy atom. The lowest BCUT2D eigenvalue weighted by atomic mass is 10.1. The van der Waals surface area contributed by atoms with Crippen LogP contribution in [-0.2, 0) is 20.9 Å². The Bertz CT molecular complexity index is 1050. The van der Waals surface area contributed by atoms with E-state index in [9.17, 15) is 14.4 Å². The largest absolute Gasteiger partial charge is 0.332 e. The minimum absolute atomic E-state index is 0.0814. The molecule has 0 aliphatic carbocycles. The Labute approximate surface area is 195 Å². The Morgan fingerprint density at radius 2 is 1.68 bits per heavy atom. The molecule has 1 unspecified atom stereocenters. The normalized spacial score (nSPS) is 15.9. The van der Waals surface area contributed by atoms with E-state index in [-0.39, 0.29) is 30.7 Å². The standard InChI is InChI=1S/C21H20Cl2N4O3S/c1-12(28)24-15-5-7-16(8-6-15)25-19(29)10-18-20(30)26(2)21(31)27(18)11-13-3-4-14(22)9-17(13)23/h3-9,18H,10-11H2,1-2H3,(H,24,28)(H,25,29). The van der Waals surface area contributed by atoms with Crippen LogP contribution in [0.25, 0.3) is 0 Å². The third kappa shape index (κ3) is 5.52. The molecule has 1 saturated heterocycles. The molecule has 0 saturated carbocycles. The van der Waals surface area contributed by atoms with Gasteiger partial charge in [0.1, 0.15) is 6.04 Å². The first-order valence-electron chi connectivity index (χ1n) is 9.35. The van der Waals surface area contributed by atoms with Crippen LogP contribution in [0.4, 0.5) is 11.4 Å². The van der Waals surface area contributed by atoms with Crippen LogP contribution in [0.3, 0.4) is 0 Å². The number of rotatable bonds is 6. The summed E-state index contributed by atoms with van der Waals surface area (Å²) in [5.41, 5.74) is 1.91. The topological polar surface area (TPSA) is 81.8 Å². The van der Waals surface area contributed by atoms with E-state index in [2.05, 4.69) is 10.6 Å². The van der Waals surface area contributed by atoms with Crippen molar-refractivity contribution < 1.29 is 14.4 Å². The molecule has 0 aromatic heterocycles. The lowest BCUT2D eigenvalue weighted by Crippen LogP contribution is -2.37. The Morgan fingerprint density at radius 1 is 1.06 bits per heavy atom. The summed E-state index contributed by atoms with van der Waals surface area (Å²) in [6.45, 7) is 1.69. The molecule has 0 radical (unpaired) electrons. The minimum atomic E-state index is -0.747. The van der Waals surface area contributed by atoms with Crippen molar-refractivity contribution in [1.82, 2.24) is 9.80 Å². The number of thiocarbonyl (C=S) groups is 1. The zero-order valence-electron chi connectivity index (χ0n) is 16.8. The molecule has 7 nitrogen and oxygen atoms in total. The number of anilines is 2. The summed E-state index contributed by atoms with van der Waals surface area (Å²) in [5, 5.41) is 6.71. The van der Waals surface area contributed by atoms with Crippen molar-refractivity contribution in [2.24, 2.45) is 0 Å². The second-order valence-corrected chi connectivity index (χ2v) is 8.28. The van der Waals surface area contributed by atoms with Crippen LogP contribution >= 0.6 is 35.4 Å². The molecular formula is C21H20Cl2N4O3S. The Kier molecular flexibility index (Phi) is 7.15. The molecule has 1 heterocycles. The summed E-state index contributed by atoms with van der Waals surface area (Å²) in [6.07, 6.45) is -0.0814. The van der Waals surface area contributed by atoms with Crippen LogP contribution < -0.4 is 10.6 Å². The van der Waals surface area contributed by atoms with Crippen LogP contribution in [0.1, 0.15) is 18.9 Å². The highest BCUT2D eigenvalue weighted by Gasteiger charge is 2.41. The predicted octanol–water partition coefficient (Wildman–Crippen LogP) is 3.91. The van der Waals surface area contributed by atoms with E-state index < -0.39 is 6.04 Å². The zero-order valence-corrected chi connectivity index (χ0v) is 19.1. The predicted molar refractivity (Wildman–Crippen MR) is 125 cm³/mol. The van der Waals surface area contributed by atoms with E-state index in [0.29, 0.717) is 26.5 Å². The van der Waals surface area contributed by atoms with E-state index in [1.54, 1.807) is 54.4 Å². The van der Waals surface area contributed by atoms with Crippen LogP contribution in [0.5, 0.6) is 0 Å². The number of carbonyl (C=O) groups is 3. The maximum Gasteiger partial charge on any atom is 0.251 e. The van der Waals surface area contributed by atoms with E-state index in [1.807, 2.05) is 0 Å². The van der Waals surface area contributed by atoms with Gasteiger partial charge in [0, 0.05) is 41.9 Å². The summed E-state index contributed by atoms with van der Waals surface area (Å²) < 4.78 is 0. The Hall–Kier alpha value is -2.68. The Balaban J connectivity index is 1.71. The second-order valence-electron chi connectivity index (χ2n) is 7.07. The van der Waals surface area contributed by atoms with Crippen LogP contribution in [-0.4, -0.2) is 45.7 Å². The van der Waals surface area contributed by atoms with Gasteiger partial charge in [0.2, 0.25) is 11.8 Å². The molecule has 2 aromatic rings. The molecule has 10 heteroatoms. The lowest BCUT2D eigenvalue weighted by molar-refractivity contribution is -0.130. The van der Waals surface area contributed by atoms with Gasteiger partial charge in [-0.15, -0.1) is 0 Å². The summed E-state index contributed by atoms with van der Waals surface area (Å²) >= 11 is 17.6. The molecule has 3 amide bonds. The number of amides is 3. The maximum atomic E-state index is 12.7. The fourth-order valence-electron chi connectivity index (χ4n) is 3.21. The van der Waals surface area contributed by atoms with Gasteiger partial charge in [0.15, 0.2) is 5.11 Å². The van der Waals surface area contributed by atoms with Crippen molar-refractivity contribution >= 4 is 69.6 Å². The van der Waals surface area contributed by atoms with Gasteiger partial charge in [0.05, 0.1) is 6.42 Å². The van der Waals surface area contributed by atoms with Gasteiger partial charge in [-0.3, -0.25) is 19.3 Å². The van der Waals surface area contributed by atoms with Crippen molar-refractivity contribution in [2.75, 3.05) is 17.7 Å². The first-order valence-corrected chi connectivity index (χ1v) is 10.5. The number of hydrogen-bond donors (Lipinski definition) is 2. The molecule has 0 spiro atoms. The molecular weight excluding hydrogens is 459 g/mol. The van der Waals surface area contributed by atoms with E-state index in [4.69, 9.17) is 35.4 Å². The molecule has 1 atom stereocenters. The molecule has 2 aromatic carbocycles. The minimum Gasteiger partial charge on any atom is -0.332 e. The molecule has 0 bridgehead atoms. The molecule has 1 aliphatic rings. The van der Waals surface area contributed by atoms with Crippen molar-refractivity contribution in [2.45, 2.75) is 25.9 Å². The first kappa shape index (κ1) is 23.0. The third-order valence-electron chi connectivity index (χ3n) is 4.75. The molecule has 3 rings (SSSR count). The number of hydrogen-bond acceptors (Lipinski definition) is 4. The number of likely N-dealkylation sites (N-methyl/N-ethyl adjacent to an activating group) is 1. The first-order chi connectivity index (χ1) is 14.7. The summed E-state index contributed by atoms with van der Waals surface area (Å²) in [4.78, 5) is 39.5. The smallest absolute Gasteiger partial charge is 0.251 e. The summed E-state index contributed by atoms with van der Waals surface area (Å²) in [6, 6.07) is 11.0. The number of nitrogens with zero attached hydrogens (tertiary/aromatic N) is 2. The van der Waals surface area contributed by atoms with E-state index in [1.165, 1.54) is 11.8 Å². The highest BCUT2D eigenvalue weighted by Crippen LogP contribution is 2.27. The summed E-state index contributed by atoms with van der Waals surface area (Å²) in [5.74, 6) is -0.778. The van der Waals surface area contributed by atoms with Gasteiger partial charge in [-0.2, -0.15) is 0 Å². The van der Waals surface area contributed by atoms with Crippen LogP contribution in [0.2, 0.25) is 10.0 Å². The highest BCUT2D eigenvalue weighted by atomic mass is 35.5. The van der Waals surface area contributed by atoms with Crippen LogP contribution in [0.15, 0.2) is 42.5 Å². The SMILES string of the molecule is CC(=O)Nc1ccc(NC(=O)CC2C(=O)N(C)C(=S)N2Cc2ccc(Cl)cc2Cl)cc1. The van der Waals surface area contributed by atoms with Gasteiger partial charge in [0.25, 0.3) is 5.91 Å². The fourth-order valence-corrected chi connectivity index (χ4v) is 3.96. The van der Waals surface area contributed by atoms with Crippen molar-refractivity contribution in [3.8, 4) is 0 Å². The lowest BCUT2D eigenvalue weighted by Gasteiger charge is -2.24. The third-order valence-corrected chi connectivity index (χ3v) is 5.84. The second kappa shape index (κ2) is 9.64. The maximum absolute atomic E-state index is 12.7. The number of carbonyl (C=O) groups excluding carboxylic acids is 3. The van der Waals surface area contributed by atoms with Crippen molar-refractivity contribution in [3.05, 3.63) is 58.1 Å². The number of benzene rings is 2. The van der Waals surface area contributed by atoms with Gasteiger partial charge >= 0.3 is 0 Å². The van der Waals surface area contributed by atoms with Crippen molar-refractivity contribution in [3.63, 3.8) is 0 Å². The highest BCUT2D eigenvalue weighted by molar-refractivity contribution is 7.80. The molecule has 31 heavy (non-hydrogen) atoms. The van der Waals surface area contributed by atoms with Gasteiger partial charge in [-0.25, -0.2) is 0 Å². The van der Waals surface area contributed by atoms with Gasteiger partial charge in [-0.05, 0) is 54.2 Å².